The molecule has 1 aliphatic heterocycles. The van der Waals surface area contributed by atoms with Crippen molar-refractivity contribution in [3.05, 3.63) is 0 Å². The van der Waals surface area contributed by atoms with Crippen molar-refractivity contribution in [2.45, 2.75) is 38.6 Å². The van der Waals surface area contributed by atoms with E-state index in [1.54, 1.807) is 0 Å². The van der Waals surface area contributed by atoms with Crippen LogP contribution in [-0.2, 0) is 4.74 Å². The molecule has 1 heterocycles. The Morgan fingerprint density at radius 3 is 2.65 bits per heavy atom. The van der Waals surface area contributed by atoms with Gasteiger partial charge in [-0.15, -0.1) is 0 Å². The lowest BCUT2D eigenvalue weighted by Gasteiger charge is -2.48. The maximum absolute atomic E-state index is 6.09. The smallest absolute Gasteiger partial charge is 0.0608 e. The highest BCUT2D eigenvalue weighted by molar-refractivity contribution is 4.97. The summed E-state index contributed by atoms with van der Waals surface area (Å²) in [5, 5.41) is 2.31. The number of ether oxygens (including phenoxy) is 1. The summed E-state index contributed by atoms with van der Waals surface area (Å²) >= 11 is 0. The van der Waals surface area contributed by atoms with Crippen LogP contribution in [0.1, 0.15) is 33.1 Å². The van der Waals surface area contributed by atoms with Gasteiger partial charge < -0.3 is 10.5 Å². The highest BCUT2D eigenvalue weighted by Gasteiger charge is 2.40. The van der Waals surface area contributed by atoms with Gasteiger partial charge in [0.1, 0.15) is 0 Å². The summed E-state index contributed by atoms with van der Waals surface area (Å²) in [4.78, 5) is 0. The average molecular weight is 241 g/mol. The second kappa shape index (κ2) is 5.65. The van der Waals surface area contributed by atoms with Crippen LogP contribution in [0.3, 0.4) is 0 Å². The molecule has 3 atom stereocenters. The van der Waals surface area contributed by atoms with Crippen LogP contribution >= 0.6 is 0 Å². The van der Waals surface area contributed by atoms with Crippen LogP contribution in [0.25, 0.3) is 0 Å². The van der Waals surface area contributed by atoms with Crippen molar-refractivity contribution in [2.75, 3.05) is 32.8 Å². The molecule has 4 heteroatoms. The lowest BCUT2D eigenvalue weighted by Crippen LogP contribution is -2.65. The van der Waals surface area contributed by atoms with Crippen molar-refractivity contribution in [1.29, 1.82) is 0 Å². The predicted molar refractivity (Wildman–Crippen MR) is 69.5 cm³/mol. The molecule has 3 N–H and O–H groups in total. The van der Waals surface area contributed by atoms with Crippen molar-refractivity contribution >= 4 is 0 Å². The van der Waals surface area contributed by atoms with E-state index in [-0.39, 0.29) is 5.54 Å². The van der Waals surface area contributed by atoms with Gasteiger partial charge in [-0.05, 0) is 24.7 Å². The molecule has 1 saturated heterocycles. The molecule has 0 amide bonds. The van der Waals surface area contributed by atoms with Crippen molar-refractivity contribution in [1.82, 2.24) is 10.4 Å². The van der Waals surface area contributed by atoms with Gasteiger partial charge in [-0.3, -0.25) is 0 Å². The van der Waals surface area contributed by atoms with Gasteiger partial charge in [-0.2, -0.15) is 0 Å². The van der Waals surface area contributed by atoms with E-state index in [0.29, 0.717) is 5.92 Å². The van der Waals surface area contributed by atoms with Gasteiger partial charge in [-0.25, -0.2) is 10.4 Å². The maximum Gasteiger partial charge on any atom is 0.0608 e. The number of rotatable bonds is 3. The van der Waals surface area contributed by atoms with Gasteiger partial charge in [0.25, 0.3) is 0 Å². The van der Waals surface area contributed by atoms with Crippen molar-refractivity contribution in [2.24, 2.45) is 17.6 Å². The SMILES string of the molecule is CC1CCC(C)C(CN)(NN2CCOCC2)C1. The van der Waals surface area contributed by atoms with E-state index in [0.717, 1.165) is 38.8 Å². The summed E-state index contributed by atoms with van der Waals surface area (Å²) in [5.74, 6) is 1.44. The van der Waals surface area contributed by atoms with E-state index in [9.17, 15) is 0 Å². The fraction of sp³-hybridized carbons (Fsp3) is 1.00. The lowest BCUT2D eigenvalue weighted by molar-refractivity contribution is -0.0355. The molecule has 3 unspecified atom stereocenters. The fourth-order valence-corrected chi connectivity index (χ4v) is 3.21. The van der Waals surface area contributed by atoms with Crippen LogP contribution in [0, 0.1) is 11.8 Å². The number of nitrogens with two attached hydrogens (primary N) is 1. The van der Waals surface area contributed by atoms with Crippen molar-refractivity contribution in [3.63, 3.8) is 0 Å². The van der Waals surface area contributed by atoms with Gasteiger partial charge in [0, 0.05) is 25.2 Å². The summed E-state index contributed by atoms with van der Waals surface area (Å²) in [5.41, 5.74) is 9.92. The normalized spacial score (nSPS) is 40.4. The van der Waals surface area contributed by atoms with Crippen LogP contribution in [0.15, 0.2) is 0 Å². The Labute approximate surface area is 105 Å². The highest BCUT2D eigenvalue weighted by atomic mass is 16.5. The molecule has 0 aromatic carbocycles. The number of hydrazine groups is 1. The molecule has 0 aromatic rings. The number of morpholine rings is 1. The second-order valence-corrected chi connectivity index (χ2v) is 5.86. The first kappa shape index (κ1) is 13.3. The predicted octanol–water partition coefficient (Wildman–Crippen LogP) is 0.977. The molecule has 2 fully saturated rings. The van der Waals surface area contributed by atoms with E-state index in [1.807, 2.05) is 0 Å². The van der Waals surface area contributed by atoms with E-state index in [1.165, 1.54) is 19.3 Å². The molecule has 0 aromatic heterocycles. The van der Waals surface area contributed by atoms with E-state index < -0.39 is 0 Å². The van der Waals surface area contributed by atoms with Crippen LogP contribution in [0.4, 0.5) is 0 Å². The van der Waals surface area contributed by atoms with Crippen molar-refractivity contribution in [3.8, 4) is 0 Å². The van der Waals surface area contributed by atoms with Gasteiger partial charge in [0.2, 0.25) is 0 Å². The topological polar surface area (TPSA) is 50.5 Å². The summed E-state index contributed by atoms with van der Waals surface area (Å²) < 4.78 is 5.39. The molecule has 0 radical (unpaired) electrons. The van der Waals surface area contributed by atoms with E-state index >= 15 is 0 Å². The third kappa shape index (κ3) is 2.99. The Bertz CT molecular complexity index is 243. The van der Waals surface area contributed by atoms with E-state index in [2.05, 4.69) is 24.3 Å². The molecule has 4 nitrogen and oxygen atoms in total. The molecule has 0 spiro atoms. The third-order valence-corrected chi connectivity index (χ3v) is 4.50. The summed E-state index contributed by atoms with van der Waals surface area (Å²) in [6, 6.07) is 0. The fourth-order valence-electron chi connectivity index (χ4n) is 3.21. The molecule has 0 bridgehead atoms. The summed E-state index contributed by atoms with van der Waals surface area (Å²) in [7, 11) is 0. The molecule has 1 saturated carbocycles. The zero-order chi connectivity index (χ0) is 12.3. The number of nitrogens with zero attached hydrogens (tertiary/aromatic N) is 1. The second-order valence-electron chi connectivity index (χ2n) is 5.86. The molecule has 100 valence electrons. The average Bonchev–Trinajstić information content (AvgIpc) is 2.35. The first-order valence-electron chi connectivity index (χ1n) is 6.97. The standard InChI is InChI=1S/C13H27N3O/c1-11-3-4-12(2)13(9-11,10-14)15-16-5-7-17-8-6-16/h11-12,15H,3-10,14H2,1-2H3. The van der Waals surface area contributed by atoms with Crippen LogP contribution < -0.4 is 11.2 Å². The molecular weight excluding hydrogens is 214 g/mol. The monoisotopic (exact) mass is 241 g/mol. The van der Waals surface area contributed by atoms with Crippen LogP contribution in [0.2, 0.25) is 0 Å². The quantitative estimate of drug-likeness (QED) is 0.773. The highest BCUT2D eigenvalue weighted by Crippen LogP contribution is 2.36. The number of hydrogen-bond donors (Lipinski definition) is 2. The summed E-state index contributed by atoms with van der Waals surface area (Å²) in [6.45, 7) is 9.03. The minimum absolute atomic E-state index is 0.106. The van der Waals surface area contributed by atoms with Gasteiger partial charge >= 0.3 is 0 Å². The molecule has 1 aliphatic carbocycles. The molecule has 2 aliphatic rings. The Kier molecular flexibility index (Phi) is 4.42. The van der Waals surface area contributed by atoms with Gasteiger partial charge in [0.05, 0.1) is 13.2 Å². The van der Waals surface area contributed by atoms with Gasteiger partial charge in [0.15, 0.2) is 0 Å². The molecule has 2 rings (SSSR count). The first-order valence-corrected chi connectivity index (χ1v) is 6.97. The zero-order valence-corrected chi connectivity index (χ0v) is 11.2. The van der Waals surface area contributed by atoms with Crippen LogP contribution in [0.5, 0.6) is 0 Å². The lowest BCUT2D eigenvalue weighted by atomic mass is 9.70. The van der Waals surface area contributed by atoms with Crippen LogP contribution in [-0.4, -0.2) is 43.4 Å². The Morgan fingerprint density at radius 1 is 1.29 bits per heavy atom. The largest absolute Gasteiger partial charge is 0.379 e. The number of hydrogen-bond acceptors (Lipinski definition) is 4. The Balaban J connectivity index is 2.00. The summed E-state index contributed by atoms with van der Waals surface area (Å²) in [6.07, 6.45) is 3.82. The Morgan fingerprint density at radius 2 is 2.00 bits per heavy atom. The molecule has 17 heavy (non-hydrogen) atoms. The maximum atomic E-state index is 6.09. The number of nitrogens with one attached hydrogen (secondary N) is 1. The third-order valence-electron chi connectivity index (χ3n) is 4.50. The Hall–Kier alpha value is -0.160. The first-order chi connectivity index (χ1) is 8.16. The molecular formula is C13H27N3O. The van der Waals surface area contributed by atoms with Gasteiger partial charge in [-0.1, -0.05) is 20.3 Å². The minimum Gasteiger partial charge on any atom is -0.379 e. The minimum atomic E-state index is 0.106. The van der Waals surface area contributed by atoms with Crippen molar-refractivity contribution < 1.29 is 4.74 Å². The zero-order valence-electron chi connectivity index (χ0n) is 11.2. The van der Waals surface area contributed by atoms with E-state index in [4.69, 9.17) is 10.5 Å².